The molecule has 1 aliphatic heterocycles. The summed E-state index contributed by atoms with van der Waals surface area (Å²) in [5.41, 5.74) is 6.96. The second-order valence-electron chi connectivity index (χ2n) is 5.11. The van der Waals surface area contributed by atoms with E-state index in [1.54, 1.807) is 6.07 Å². The number of ether oxygens (including phenoxy) is 1. The summed E-state index contributed by atoms with van der Waals surface area (Å²) in [6.45, 7) is 6.38. The van der Waals surface area contributed by atoms with Crippen molar-refractivity contribution in [1.29, 1.82) is 0 Å². The highest BCUT2D eigenvalue weighted by molar-refractivity contribution is 6.42. The fourth-order valence-corrected chi connectivity index (χ4v) is 3.16. The van der Waals surface area contributed by atoms with E-state index < -0.39 is 0 Å². The monoisotopic (exact) mass is 302 g/mol. The molecule has 3 atom stereocenters. The first-order chi connectivity index (χ1) is 9.02. The van der Waals surface area contributed by atoms with Crippen LogP contribution < -0.4 is 5.73 Å². The molecule has 1 fully saturated rings. The van der Waals surface area contributed by atoms with Gasteiger partial charge in [-0.2, -0.15) is 0 Å². The molecular formula is C14H20Cl2N2O. The summed E-state index contributed by atoms with van der Waals surface area (Å²) in [6, 6.07) is 5.79. The number of nitrogens with zero attached hydrogens (tertiary/aromatic N) is 1. The zero-order chi connectivity index (χ0) is 14.0. The summed E-state index contributed by atoms with van der Waals surface area (Å²) in [7, 11) is 0. The zero-order valence-corrected chi connectivity index (χ0v) is 12.8. The Morgan fingerprint density at radius 2 is 1.95 bits per heavy atom. The molecule has 106 valence electrons. The average Bonchev–Trinajstić information content (AvgIpc) is 2.34. The number of halogens is 2. The first-order valence-corrected chi connectivity index (χ1v) is 7.32. The molecule has 1 saturated heterocycles. The summed E-state index contributed by atoms with van der Waals surface area (Å²) in [6.07, 6.45) is 0.409. The molecule has 0 saturated carbocycles. The maximum atomic E-state index is 6.31. The molecule has 2 rings (SSSR count). The van der Waals surface area contributed by atoms with Crippen molar-refractivity contribution in [1.82, 2.24) is 4.90 Å². The molecule has 19 heavy (non-hydrogen) atoms. The van der Waals surface area contributed by atoms with Gasteiger partial charge in [-0.25, -0.2) is 0 Å². The normalized spacial score (nSPS) is 26.4. The van der Waals surface area contributed by atoms with Crippen molar-refractivity contribution in [3.05, 3.63) is 33.8 Å². The van der Waals surface area contributed by atoms with Gasteiger partial charge in [-0.15, -0.1) is 0 Å². The van der Waals surface area contributed by atoms with Gasteiger partial charge in [0.1, 0.15) is 0 Å². The summed E-state index contributed by atoms with van der Waals surface area (Å²) >= 11 is 12.4. The Morgan fingerprint density at radius 1 is 1.32 bits per heavy atom. The van der Waals surface area contributed by atoms with Crippen LogP contribution in [0.1, 0.15) is 25.5 Å². The highest BCUT2D eigenvalue weighted by Gasteiger charge is 2.29. The van der Waals surface area contributed by atoms with E-state index in [4.69, 9.17) is 33.7 Å². The molecule has 2 N–H and O–H groups in total. The minimum atomic E-state index is 0.0833. The van der Waals surface area contributed by atoms with Crippen molar-refractivity contribution in [3.8, 4) is 0 Å². The molecular weight excluding hydrogens is 283 g/mol. The molecule has 1 aromatic rings. The second-order valence-corrected chi connectivity index (χ2v) is 5.89. The lowest BCUT2D eigenvalue weighted by Crippen LogP contribution is -2.48. The molecule has 3 nitrogen and oxygen atoms in total. The Hall–Kier alpha value is -0.320. The number of hydrogen-bond donors (Lipinski definition) is 1. The largest absolute Gasteiger partial charge is 0.373 e. The van der Waals surface area contributed by atoms with Crippen LogP contribution >= 0.6 is 23.2 Å². The highest BCUT2D eigenvalue weighted by Crippen LogP contribution is 2.33. The van der Waals surface area contributed by atoms with E-state index in [0.717, 1.165) is 18.7 Å². The number of rotatable bonds is 3. The topological polar surface area (TPSA) is 38.5 Å². The molecule has 3 unspecified atom stereocenters. The fourth-order valence-electron chi connectivity index (χ4n) is 2.72. The fraction of sp³-hybridized carbons (Fsp3) is 0.571. The molecule has 5 heteroatoms. The molecule has 0 amide bonds. The highest BCUT2D eigenvalue weighted by atomic mass is 35.5. The lowest BCUT2D eigenvalue weighted by atomic mass is 10.0. The van der Waals surface area contributed by atoms with Crippen molar-refractivity contribution >= 4 is 23.2 Å². The molecule has 1 heterocycles. The van der Waals surface area contributed by atoms with Gasteiger partial charge in [-0.3, -0.25) is 4.90 Å². The smallest absolute Gasteiger partial charge is 0.0678 e. The average molecular weight is 303 g/mol. The Labute approximate surface area is 124 Å². The van der Waals surface area contributed by atoms with Crippen molar-refractivity contribution in [3.63, 3.8) is 0 Å². The lowest BCUT2D eigenvalue weighted by Gasteiger charge is -2.40. The van der Waals surface area contributed by atoms with Crippen LogP contribution in [-0.4, -0.2) is 36.7 Å². The predicted octanol–water partition coefficient (Wildman–Crippen LogP) is 3.10. The molecule has 0 bridgehead atoms. The first-order valence-electron chi connectivity index (χ1n) is 6.56. The molecule has 0 aliphatic carbocycles. The van der Waals surface area contributed by atoms with Gasteiger partial charge in [0.2, 0.25) is 0 Å². The van der Waals surface area contributed by atoms with Gasteiger partial charge in [-0.1, -0.05) is 35.3 Å². The van der Waals surface area contributed by atoms with E-state index in [2.05, 4.69) is 18.7 Å². The van der Waals surface area contributed by atoms with Crippen LogP contribution in [0.3, 0.4) is 0 Å². The number of benzene rings is 1. The minimum absolute atomic E-state index is 0.0833. The molecule has 0 aromatic heterocycles. The van der Waals surface area contributed by atoms with E-state index >= 15 is 0 Å². The molecule has 0 spiro atoms. The van der Waals surface area contributed by atoms with Gasteiger partial charge in [0.15, 0.2) is 0 Å². The van der Waals surface area contributed by atoms with E-state index in [9.17, 15) is 0 Å². The maximum Gasteiger partial charge on any atom is 0.0678 e. The summed E-state index contributed by atoms with van der Waals surface area (Å²) < 4.78 is 5.76. The number of morpholine rings is 1. The zero-order valence-electron chi connectivity index (χ0n) is 11.3. The van der Waals surface area contributed by atoms with Gasteiger partial charge in [-0.05, 0) is 25.5 Å². The Kier molecular flexibility index (Phi) is 5.09. The Morgan fingerprint density at radius 3 is 2.53 bits per heavy atom. The van der Waals surface area contributed by atoms with Crippen LogP contribution in [0.25, 0.3) is 0 Å². The third-order valence-electron chi connectivity index (χ3n) is 3.45. The van der Waals surface area contributed by atoms with Gasteiger partial charge in [0, 0.05) is 25.7 Å². The SMILES string of the molecule is CC1CN(C(CN)c2cccc(Cl)c2Cl)CC(C)O1. The van der Waals surface area contributed by atoms with Gasteiger partial charge in [0.25, 0.3) is 0 Å². The molecule has 0 radical (unpaired) electrons. The van der Waals surface area contributed by atoms with Crippen LogP contribution in [0.2, 0.25) is 10.0 Å². The molecule has 1 aliphatic rings. The second kappa shape index (κ2) is 6.42. The van der Waals surface area contributed by atoms with Crippen molar-refractivity contribution < 1.29 is 4.74 Å². The van der Waals surface area contributed by atoms with E-state index in [1.165, 1.54) is 0 Å². The van der Waals surface area contributed by atoms with E-state index in [1.807, 2.05) is 12.1 Å². The van der Waals surface area contributed by atoms with Crippen molar-refractivity contribution in [2.24, 2.45) is 5.73 Å². The quantitative estimate of drug-likeness (QED) is 0.932. The van der Waals surface area contributed by atoms with Crippen LogP contribution in [0.5, 0.6) is 0 Å². The van der Waals surface area contributed by atoms with Crippen LogP contribution in [0.4, 0.5) is 0 Å². The molecule has 1 aromatic carbocycles. The van der Waals surface area contributed by atoms with E-state index in [-0.39, 0.29) is 18.2 Å². The maximum absolute atomic E-state index is 6.31. The standard InChI is InChI=1S/C14H20Cl2N2O/c1-9-7-18(8-10(2)19-9)13(6-17)11-4-3-5-12(15)14(11)16/h3-5,9-10,13H,6-8,17H2,1-2H3. The summed E-state index contributed by atoms with van der Waals surface area (Å²) in [5, 5.41) is 1.18. The third kappa shape index (κ3) is 3.41. The minimum Gasteiger partial charge on any atom is -0.373 e. The van der Waals surface area contributed by atoms with Crippen molar-refractivity contribution in [2.45, 2.75) is 32.1 Å². The van der Waals surface area contributed by atoms with Gasteiger partial charge < -0.3 is 10.5 Å². The Balaban J connectivity index is 2.26. The summed E-state index contributed by atoms with van der Waals surface area (Å²) in [4.78, 5) is 2.33. The van der Waals surface area contributed by atoms with Crippen molar-refractivity contribution in [2.75, 3.05) is 19.6 Å². The third-order valence-corrected chi connectivity index (χ3v) is 4.29. The van der Waals surface area contributed by atoms with E-state index in [0.29, 0.717) is 16.6 Å². The Bertz CT molecular complexity index is 431. The number of hydrogen-bond acceptors (Lipinski definition) is 3. The first kappa shape index (κ1) is 15.1. The predicted molar refractivity (Wildman–Crippen MR) is 79.8 cm³/mol. The van der Waals surface area contributed by atoms with Gasteiger partial charge >= 0.3 is 0 Å². The summed E-state index contributed by atoms with van der Waals surface area (Å²) in [5.74, 6) is 0. The van der Waals surface area contributed by atoms with Crippen LogP contribution in [0, 0.1) is 0 Å². The van der Waals surface area contributed by atoms with Crippen LogP contribution in [-0.2, 0) is 4.74 Å². The lowest BCUT2D eigenvalue weighted by molar-refractivity contribution is -0.0799. The number of nitrogens with two attached hydrogens (primary N) is 1. The van der Waals surface area contributed by atoms with Gasteiger partial charge in [0.05, 0.1) is 22.3 Å². The van der Waals surface area contributed by atoms with Crippen LogP contribution in [0.15, 0.2) is 18.2 Å².